The van der Waals surface area contributed by atoms with Gasteiger partial charge in [0.15, 0.2) is 0 Å². The van der Waals surface area contributed by atoms with Crippen LogP contribution in [0.5, 0.6) is 0 Å². The van der Waals surface area contributed by atoms with Gasteiger partial charge < -0.3 is 14.6 Å². The monoisotopic (exact) mass is 337 g/mol. The second kappa shape index (κ2) is 5.88. The van der Waals surface area contributed by atoms with Crippen LogP contribution in [0, 0.1) is 0 Å². The van der Waals surface area contributed by atoms with E-state index in [2.05, 4.69) is 36.2 Å². The Bertz CT molecular complexity index is 570. The predicted molar refractivity (Wildman–Crippen MR) is 78.3 cm³/mol. The average Bonchev–Trinajstić information content (AvgIpc) is 2.88. The fourth-order valence-electron chi connectivity index (χ4n) is 2.38. The lowest BCUT2D eigenvalue weighted by molar-refractivity contribution is 0.00549. The minimum atomic E-state index is 0.0733. The van der Waals surface area contributed by atoms with Crippen molar-refractivity contribution in [3.05, 3.63) is 35.1 Å². The van der Waals surface area contributed by atoms with Crippen molar-refractivity contribution in [1.29, 1.82) is 0 Å². The molecule has 0 unspecified atom stereocenters. The number of aromatic nitrogens is 4. The normalized spacial score (nSPS) is 22.7. The molecule has 2 aromatic rings. The molecule has 1 aliphatic rings. The molecule has 0 aromatic carbocycles. The summed E-state index contributed by atoms with van der Waals surface area (Å²) in [6, 6.07) is 0.310. The van der Waals surface area contributed by atoms with Gasteiger partial charge in [0.05, 0.1) is 22.7 Å². The lowest BCUT2D eigenvalue weighted by atomic mass is 10.0. The van der Waals surface area contributed by atoms with Crippen LogP contribution in [0.1, 0.15) is 24.6 Å². The summed E-state index contributed by atoms with van der Waals surface area (Å²) in [5.41, 5.74) is 1.10. The zero-order chi connectivity index (χ0) is 13.9. The predicted octanol–water partition coefficient (Wildman–Crippen LogP) is 2.30. The first-order valence-corrected chi connectivity index (χ1v) is 7.33. The van der Waals surface area contributed by atoms with E-state index in [0.29, 0.717) is 12.0 Å². The van der Waals surface area contributed by atoms with Crippen molar-refractivity contribution in [2.24, 2.45) is 7.05 Å². The number of rotatable bonds is 3. The van der Waals surface area contributed by atoms with Crippen LogP contribution in [0.25, 0.3) is 0 Å². The highest BCUT2D eigenvalue weighted by molar-refractivity contribution is 9.10. The lowest BCUT2D eigenvalue weighted by Gasteiger charge is -2.30. The third-order valence-corrected chi connectivity index (χ3v) is 3.83. The first kappa shape index (κ1) is 13.5. The van der Waals surface area contributed by atoms with Crippen LogP contribution in [-0.4, -0.2) is 32.2 Å². The molecule has 1 fully saturated rings. The van der Waals surface area contributed by atoms with Gasteiger partial charge in [-0.3, -0.25) is 0 Å². The van der Waals surface area contributed by atoms with E-state index < -0.39 is 0 Å². The molecule has 20 heavy (non-hydrogen) atoms. The number of ether oxygens (including phenoxy) is 1. The van der Waals surface area contributed by atoms with Crippen LogP contribution in [0.3, 0.4) is 0 Å². The Kier molecular flexibility index (Phi) is 3.98. The Hall–Kier alpha value is -1.47. The fourth-order valence-corrected chi connectivity index (χ4v) is 2.59. The van der Waals surface area contributed by atoms with E-state index in [4.69, 9.17) is 4.74 Å². The van der Waals surface area contributed by atoms with E-state index in [-0.39, 0.29) is 6.10 Å². The molecular weight excluding hydrogens is 322 g/mol. The summed E-state index contributed by atoms with van der Waals surface area (Å²) in [7, 11) is 1.99. The van der Waals surface area contributed by atoms with Gasteiger partial charge in [-0.1, -0.05) is 0 Å². The van der Waals surface area contributed by atoms with Crippen molar-refractivity contribution in [1.82, 2.24) is 19.5 Å². The van der Waals surface area contributed by atoms with Gasteiger partial charge in [-0.25, -0.2) is 15.0 Å². The number of nitrogens with one attached hydrogen (secondary N) is 1. The van der Waals surface area contributed by atoms with Gasteiger partial charge in [0.25, 0.3) is 0 Å². The topological polar surface area (TPSA) is 64.9 Å². The van der Waals surface area contributed by atoms with Crippen molar-refractivity contribution < 1.29 is 4.74 Å². The molecule has 1 saturated heterocycles. The second-order valence-electron chi connectivity index (χ2n) is 4.88. The van der Waals surface area contributed by atoms with Gasteiger partial charge in [0.2, 0.25) is 5.95 Å². The number of anilines is 1. The van der Waals surface area contributed by atoms with Gasteiger partial charge in [0, 0.05) is 32.1 Å². The molecule has 3 rings (SSSR count). The highest BCUT2D eigenvalue weighted by Gasteiger charge is 2.26. The Labute approximate surface area is 125 Å². The molecule has 0 bridgehead atoms. The van der Waals surface area contributed by atoms with Crippen LogP contribution in [0.2, 0.25) is 0 Å². The lowest BCUT2D eigenvalue weighted by Crippen LogP contribution is -2.31. The first-order chi connectivity index (χ1) is 9.72. The number of aryl methyl sites for hydroxylation is 1. The minimum absolute atomic E-state index is 0.0733. The summed E-state index contributed by atoms with van der Waals surface area (Å²) in [6.45, 7) is 0.726. The van der Waals surface area contributed by atoms with Gasteiger partial charge >= 0.3 is 0 Å². The molecule has 1 N–H and O–H groups in total. The van der Waals surface area contributed by atoms with Crippen LogP contribution in [0.15, 0.2) is 29.4 Å². The van der Waals surface area contributed by atoms with Gasteiger partial charge in [-0.05, 0) is 28.8 Å². The third-order valence-electron chi connectivity index (χ3n) is 3.42. The van der Waals surface area contributed by atoms with E-state index in [9.17, 15) is 0 Å². The molecule has 0 spiro atoms. The van der Waals surface area contributed by atoms with Crippen LogP contribution in [0.4, 0.5) is 5.95 Å². The Morgan fingerprint density at radius 2 is 2.15 bits per heavy atom. The largest absolute Gasteiger partial charge is 0.372 e. The quantitative estimate of drug-likeness (QED) is 0.930. The highest BCUT2D eigenvalue weighted by Crippen LogP contribution is 2.28. The maximum Gasteiger partial charge on any atom is 0.222 e. The fraction of sp³-hybridized carbons (Fsp3) is 0.462. The number of hydrogen-bond donors (Lipinski definition) is 1. The van der Waals surface area contributed by atoms with E-state index in [1.807, 2.05) is 17.8 Å². The summed E-state index contributed by atoms with van der Waals surface area (Å²) in [5.74, 6) is 0.656. The molecule has 2 atom stereocenters. The molecule has 0 amide bonds. The summed E-state index contributed by atoms with van der Waals surface area (Å²) in [5, 5.41) is 3.37. The van der Waals surface area contributed by atoms with Gasteiger partial charge in [-0.2, -0.15) is 0 Å². The molecule has 0 aliphatic carbocycles. The Morgan fingerprint density at radius 1 is 1.35 bits per heavy atom. The zero-order valence-electron chi connectivity index (χ0n) is 11.2. The van der Waals surface area contributed by atoms with Crippen LogP contribution < -0.4 is 5.32 Å². The maximum atomic E-state index is 5.84. The average molecular weight is 338 g/mol. The molecule has 2 aromatic heterocycles. The number of halogens is 1. The minimum Gasteiger partial charge on any atom is -0.372 e. The smallest absolute Gasteiger partial charge is 0.222 e. The summed E-state index contributed by atoms with van der Waals surface area (Å²) in [4.78, 5) is 12.6. The van der Waals surface area contributed by atoms with E-state index in [1.165, 1.54) is 0 Å². The Balaban J connectivity index is 1.66. The molecule has 7 heteroatoms. The van der Waals surface area contributed by atoms with Crippen molar-refractivity contribution >= 4 is 21.9 Å². The summed E-state index contributed by atoms with van der Waals surface area (Å²) < 4.78 is 8.72. The molecule has 106 valence electrons. The van der Waals surface area contributed by atoms with Crippen LogP contribution in [-0.2, 0) is 11.8 Å². The standard InChI is InChI=1S/C13H16BrN5O/c1-19-8-15-7-11(19)12-4-10(2-3-20-12)18-13-16-5-9(14)6-17-13/h5-8,10,12H,2-4H2,1H3,(H,16,17,18)/t10-,12+/m0/s1. The summed E-state index contributed by atoms with van der Waals surface area (Å²) >= 11 is 3.33. The van der Waals surface area contributed by atoms with Crippen molar-refractivity contribution in [2.75, 3.05) is 11.9 Å². The first-order valence-electron chi connectivity index (χ1n) is 6.54. The van der Waals surface area contributed by atoms with Crippen molar-refractivity contribution in [2.45, 2.75) is 25.0 Å². The van der Waals surface area contributed by atoms with E-state index >= 15 is 0 Å². The van der Waals surface area contributed by atoms with Gasteiger partial charge in [0.1, 0.15) is 6.10 Å². The Morgan fingerprint density at radius 3 is 2.85 bits per heavy atom. The number of nitrogens with zero attached hydrogens (tertiary/aromatic N) is 4. The maximum absolute atomic E-state index is 5.84. The number of imidazole rings is 1. The zero-order valence-corrected chi connectivity index (χ0v) is 12.7. The summed E-state index contributed by atoms with van der Waals surface area (Å²) in [6.07, 6.45) is 9.06. The SMILES string of the molecule is Cn1cncc1[C@H]1C[C@@H](Nc2ncc(Br)cn2)CCO1. The van der Waals surface area contributed by atoms with Gasteiger partial charge in [-0.15, -0.1) is 0 Å². The van der Waals surface area contributed by atoms with Crippen LogP contribution >= 0.6 is 15.9 Å². The number of hydrogen-bond acceptors (Lipinski definition) is 5. The second-order valence-corrected chi connectivity index (χ2v) is 5.80. The molecular formula is C13H16BrN5O. The molecule has 0 radical (unpaired) electrons. The molecule has 1 aliphatic heterocycles. The van der Waals surface area contributed by atoms with Crippen molar-refractivity contribution in [3.8, 4) is 0 Å². The van der Waals surface area contributed by atoms with E-state index in [0.717, 1.165) is 29.6 Å². The third kappa shape index (κ3) is 2.99. The van der Waals surface area contributed by atoms with E-state index in [1.54, 1.807) is 18.7 Å². The highest BCUT2D eigenvalue weighted by atomic mass is 79.9. The molecule has 3 heterocycles. The molecule has 6 nitrogen and oxygen atoms in total. The molecule has 0 saturated carbocycles. The van der Waals surface area contributed by atoms with Crippen molar-refractivity contribution in [3.63, 3.8) is 0 Å².